The maximum Gasteiger partial charge on any atom is 0.0798 e. The maximum absolute atomic E-state index is 4.25. The van der Waals surface area contributed by atoms with Gasteiger partial charge >= 0.3 is 0 Å². The second kappa shape index (κ2) is 6.43. The van der Waals surface area contributed by atoms with Crippen molar-refractivity contribution >= 4 is 24.0 Å². The van der Waals surface area contributed by atoms with Gasteiger partial charge in [0, 0.05) is 11.4 Å². The molecule has 0 fully saturated rings. The van der Waals surface area contributed by atoms with Gasteiger partial charge in [0.1, 0.15) is 0 Å². The molecule has 0 N–H and O–H groups in total. The second-order valence-electron chi connectivity index (χ2n) is 3.53. The predicted molar refractivity (Wildman–Crippen MR) is 66.3 cm³/mol. The Morgan fingerprint density at radius 1 is 1.50 bits per heavy atom. The van der Waals surface area contributed by atoms with Crippen molar-refractivity contribution in [3.63, 3.8) is 0 Å². The number of nitrogens with zero attached hydrogens (tertiary/aromatic N) is 2. The maximum atomic E-state index is 4.25. The molecule has 0 radical (unpaired) electrons. The lowest BCUT2D eigenvalue weighted by Crippen LogP contribution is -2.19. The van der Waals surface area contributed by atoms with Crippen LogP contribution < -0.4 is 0 Å². The van der Waals surface area contributed by atoms with Gasteiger partial charge in [-0.1, -0.05) is 0 Å². The first-order chi connectivity index (χ1) is 6.74. The summed E-state index contributed by atoms with van der Waals surface area (Å²) >= 11 is 5.95. The van der Waals surface area contributed by atoms with Crippen LogP contribution in [0.1, 0.15) is 23.4 Å². The lowest BCUT2D eigenvalue weighted by molar-refractivity contribution is 0.323. The summed E-state index contributed by atoms with van der Waals surface area (Å²) in [5.74, 6) is 0.993. The number of hydrogen-bond donors (Lipinski definition) is 1. The Morgan fingerprint density at radius 3 is 2.86 bits per heavy atom. The van der Waals surface area contributed by atoms with Gasteiger partial charge in [0.15, 0.2) is 0 Å². The Morgan fingerprint density at radius 2 is 2.29 bits per heavy atom. The first-order valence-electron chi connectivity index (χ1n) is 4.92. The molecule has 0 saturated carbocycles. The second-order valence-corrected chi connectivity index (χ2v) is 4.92. The number of rotatable bonds is 6. The van der Waals surface area contributed by atoms with E-state index in [0.29, 0.717) is 0 Å². The van der Waals surface area contributed by atoms with Crippen molar-refractivity contribution in [1.82, 2.24) is 9.88 Å². The van der Waals surface area contributed by atoms with Gasteiger partial charge < -0.3 is 4.90 Å². The van der Waals surface area contributed by atoms with Crippen LogP contribution in [0.4, 0.5) is 0 Å². The van der Waals surface area contributed by atoms with Crippen molar-refractivity contribution in [2.45, 2.75) is 26.3 Å². The van der Waals surface area contributed by atoms with E-state index in [1.54, 1.807) is 11.3 Å². The quantitative estimate of drug-likeness (QED) is 0.597. The number of aromatic nitrogens is 1. The van der Waals surface area contributed by atoms with E-state index >= 15 is 0 Å². The van der Waals surface area contributed by atoms with Gasteiger partial charge in [0.2, 0.25) is 0 Å². The van der Waals surface area contributed by atoms with Crippen molar-refractivity contribution < 1.29 is 0 Å². The Balaban J connectivity index is 2.27. The average molecular weight is 230 g/mol. The predicted octanol–water partition coefficient (Wildman–Crippen LogP) is 2.59. The zero-order chi connectivity index (χ0) is 10.4. The van der Waals surface area contributed by atoms with Gasteiger partial charge in [-0.15, -0.1) is 11.3 Å². The third kappa shape index (κ3) is 3.98. The highest BCUT2D eigenvalue weighted by atomic mass is 32.1. The van der Waals surface area contributed by atoms with E-state index in [1.165, 1.54) is 23.4 Å². The third-order valence-corrected chi connectivity index (χ3v) is 3.44. The van der Waals surface area contributed by atoms with Crippen molar-refractivity contribution in [3.8, 4) is 0 Å². The molecule has 0 spiro atoms. The van der Waals surface area contributed by atoms with Crippen LogP contribution in [0.3, 0.4) is 0 Å². The molecule has 0 bridgehead atoms. The van der Waals surface area contributed by atoms with Crippen LogP contribution in [0, 0.1) is 6.92 Å². The van der Waals surface area contributed by atoms with Crippen LogP contribution in [0.2, 0.25) is 0 Å². The molecular weight excluding hydrogens is 212 g/mol. The first kappa shape index (κ1) is 12.0. The molecule has 1 aromatic heterocycles. The highest BCUT2D eigenvalue weighted by Crippen LogP contribution is 2.14. The third-order valence-electron chi connectivity index (χ3n) is 2.21. The molecule has 0 amide bonds. The highest BCUT2D eigenvalue weighted by Gasteiger charge is 2.04. The van der Waals surface area contributed by atoms with Crippen LogP contribution >= 0.6 is 24.0 Å². The Kier molecular flexibility index (Phi) is 5.52. The molecule has 0 aromatic carbocycles. The molecule has 1 rings (SSSR count). The monoisotopic (exact) mass is 230 g/mol. The number of hydrogen-bond acceptors (Lipinski definition) is 4. The molecule has 0 aliphatic carbocycles. The van der Waals surface area contributed by atoms with E-state index < -0.39 is 0 Å². The summed E-state index contributed by atoms with van der Waals surface area (Å²) < 4.78 is 0. The molecular formula is C10H18N2S2. The molecule has 2 nitrogen and oxygen atoms in total. The standard InChI is InChI=1S/C10H18N2S2/c1-9-10(14-8-11-9)7-12(2)5-3-4-6-13/h8,13H,3-7H2,1-2H3. The molecule has 80 valence electrons. The minimum absolute atomic E-state index is 0.993. The SMILES string of the molecule is Cc1ncsc1CN(C)CCCCS. The topological polar surface area (TPSA) is 16.1 Å². The summed E-state index contributed by atoms with van der Waals surface area (Å²) in [6, 6.07) is 0. The smallest absolute Gasteiger partial charge is 0.0798 e. The van der Waals surface area contributed by atoms with Crippen molar-refractivity contribution in [3.05, 3.63) is 16.1 Å². The normalized spacial score (nSPS) is 11.1. The Labute approximate surface area is 95.8 Å². The van der Waals surface area contributed by atoms with Gasteiger partial charge in [0.05, 0.1) is 11.2 Å². The molecule has 0 saturated heterocycles. The fraction of sp³-hybridized carbons (Fsp3) is 0.700. The number of thiol groups is 1. The fourth-order valence-electron chi connectivity index (χ4n) is 1.30. The lowest BCUT2D eigenvalue weighted by Gasteiger charge is -2.15. The average Bonchev–Trinajstić information content (AvgIpc) is 2.52. The molecule has 14 heavy (non-hydrogen) atoms. The van der Waals surface area contributed by atoms with Crippen LogP contribution in [0.25, 0.3) is 0 Å². The minimum Gasteiger partial charge on any atom is -0.301 e. The van der Waals surface area contributed by atoms with Gasteiger partial charge in [0.25, 0.3) is 0 Å². The largest absolute Gasteiger partial charge is 0.301 e. The van der Waals surface area contributed by atoms with Gasteiger partial charge in [-0.05, 0) is 39.1 Å². The number of unbranched alkanes of at least 4 members (excludes halogenated alkanes) is 1. The zero-order valence-corrected chi connectivity index (χ0v) is 10.6. The van der Waals surface area contributed by atoms with E-state index in [4.69, 9.17) is 0 Å². The molecule has 0 atom stereocenters. The van der Waals surface area contributed by atoms with E-state index in [2.05, 4.69) is 36.5 Å². The molecule has 4 heteroatoms. The summed E-state index contributed by atoms with van der Waals surface area (Å²) in [6.07, 6.45) is 2.44. The van der Waals surface area contributed by atoms with Crippen LogP contribution in [0.15, 0.2) is 5.51 Å². The molecule has 1 aromatic rings. The molecule has 1 heterocycles. The Bertz CT molecular complexity index is 260. The number of aryl methyl sites for hydroxylation is 1. The van der Waals surface area contributed by atoms with E-state index in [1.807, 2.05) is 5.51 Å². The van der Waals surface area contributed by atoms with E-state index in [9.17, 15) is 0 Å². The Hall–Kier alpha value is -0.0600. The van der Waals surface area contributed by atoms with Crippen LogP contribution in [-0.2, 0) is 6.54 Å². The summed E-state index contributed by atoms with van der Waals surface area (Å²) in [6.45, 7) is 4.26. The van der Waals surface area contributed by atoms with Gasteiger partial charge in [-0.25, -0.2) is 4.98 Å². The van der Waals surface area contributed by atoms with Crippen LogP contribution in [-0.4, -0.2) is 29.2 Å². The zero-order valence-electron chi connectivity index (χ0n) is 8.86. The minimum atomic E-state index is 0.993. The van der Waals surface area contributed by atoms with E-state index in [-0.39, 0.29) is 0 Å². The summed E-state index contributed by atoms with van der Waals surface area (Å²) in [4.78, 5) is 7.98. The van der Waals surface area contributed by atoms with Crippen molar-refractivity contribution in [2.24, 2.45) is 0 Å². The number of thiazole rings is 1. The molecule has 0 unspecified atom stereocenters. The molecule has 0 aliphatic rings. The van der Waals surface area contributed by atoms with Gasteiger partial charge in [-0.3, -0.25) is 0 Å². The molecule has 0 aliphatic heterocycles. The lowest BCUT2D eigenvalue weighted by atomic mass is 10.3. The van der Waals surface area contributed by atoms with Crippen LogP contribution in [0.5, 0.6) is 0 Å². The van der Waals surface area contributed by atoms with Gasteiger partial charge in [-0.2, -0.15) is 12.6 Å². The summed E-state index contributed by atoms with van der Waals surface area (Å²) in [7, 11) is 2.16. The summed E-state index contributed by atoms with van der Waals surface area (Å²) in [5, 5.41) is 0. The summed E-state index contributed by atoms with van der Waals surface area (Å²) in [5.41, 5.74) is 3.10. The van der Waals surface area contributed by atoms with Crippen molar-refractivity contribution in [2.75, 3.05) is 19.3 Å². The first-order valence-corrected chi connectivity index (χ1v) is 6.43. The van der Waals surface area contributed by atoms with E-state index in [0.717, 1.165) is 18.8 Å². The van der Waals surface area contributed by atoms with Crippen molar-refractivity contribution in [1.29, 1.82) is 0 Å². The highest BCUT2D eigenvalue weighted by molar-refractivity contribution is 7.80. The fourth-order valence-corrected chi connectivity index (χ4v) is 2.38.